The quantitative estimate of drug-likeness (QED) is 0.411. The number of oxazole rings is 1. The first-order chi connectivity index (χ1) is 11.3. The van der Waals surface area contributed by atoms with E-state index in [0.29, 0.717) is 29.2 Å². The fourth-order valence-electron chi connectivity index (χ4n) is 2.07. The maximum atomic E-state index is 11.9. The molecular formula is C17H14N2O4. The molecule has 1 heterocycles. The first-order valence-electron chi connectivity index (χ1n) is 6.98. The maximum absolute atomic E-state index is 11.9. The van der Waals surface area contributed by atoms with Crippen LogP contribution in [0.25, 0.3) is 11.1 Å². The number of methoxy groups -OCH3 is 1. The largest absolute Gasteiger partial charge is 0.496 e. The number of rotatable bonds is 5. The summed E-state index contributed by atoms with van der Waals surface area (Å²) in [6, 6.07) is 14.2. The van der Waals surface area contributed by atoms with Gasteiger partial charge in [0, 0.05) is 0 Å². The van der Waals surface area contributed by atoms with Crippen molar-refractivity contribution in [3.05, 3.63) is 60.0 Å². The predicted molar refractivity (Wildman–Crippen MR) is 84.6 cm³/mol. The summed E-state index contributed by atoms with van der Waals surface area (Å²) >= 11 is 0. The third kappa shape index (κ3) is 3.37. The lowest BCUT2D eigenvalue weighted by Crippen LogP contribution is -2.03. The van der Waals surface area contributed by atoms with Crippen LogP contribution in [-0.2, 0) is 11.3 Å². The molecule has 116 valence electrons. The molecule has 23 heavy (non-hydrogen) atoms. The van der Waals surface area contributed by atoms with Crippen molar-refractivity contribution in [3.63, 3.8) is 0 Å². The van der Waals surface area contributed by atoms with Crippen molar-refractivity contribution in [1.29, 1.82) is 0 Å². The zero-order valence-electron chi connectivity index (χ0n) is 12.4. The van der Waals surface area contributed by atoms with Crippen molar-refractivity contribution < 1.29 is 18.8 Å². The summed E-state index contributed by atoms with van der Waals surface area (Å²) in [5.74, 6) is 0.353. The minimum Gasteiger partial charge on any atom is -0.496 e. The summed E-state index contributed by atoms with van der Waals surface area (Å²) in [7, 11) is 1.49. The topological polar surface area (TPSA) is 73.9 Å². The van der Waals surface area contributed by atoms with E-state index in [1.807, 2.05) is 24.3 Å². The standard InChI is InChI=1S/C17H14N2O4/c1-21-14-8-4-2-6-12(14)17(20)23-18-11-10-16-19-13-7-3-5-9-15(13)22-16/h2-9,11H,10H2,1H3. The molecule has 0 spiro atoms. The lowest BCUT2D eigenvalue weighted by atomic mass is 10.2. The molecule has 6 nitrogen and oxygen atoms in total. The zero-order chi connectivity index (χ0) is 16.1. The Morgan fingerprint density at radius 2 is 2.00 bits per heavy atom. The van der Waals surface area contributed by atoms with E-state index < -0.39 is 5.97 Å². The van der Waals surface area contributed by atoms with Gasteiger partial charge >= 0.3 is 5.97 Å². The van der Waals surface area contributed by atoms with E-state index in [2.05, 4.69) is 10.1 Å². The third-order valence-electron chi connectivity index (χ3n) is 3.14. The van der Waals surface area contributed by atoms with Crippen LogP contribution in [0.4, 0.5) is 0 Å². The fraction of sp³-hybridized carbons (Fsp3) is 0.118. The molecule has 0 atom stereocenters. The van der Waals surface area contributed by atoms with Gasteiger partial charge in [-0.1, -0.05) is 29.4 Å². The molecule has 0 N–H and O–H groups in total. The van der Waals surface area contributed by atoms with Crippen molar-refractivity contribution in [2.75, 3.05) is 7.11 Å². The van der Waals surface area contributed by atoms with E-state index >= 15 is 0 Å². The van der Waals surface area contributed by atoms with Gasteiger partial charge in [-0.2, -0.15) is 0 Å². The van der Waals surface area contributed by atoms with Crippen LogP contribution in [0.1, 0.15) is 16.2 Å². The van der Waals surface area contributed by atoms with Gasteiger partial charge in [-0.3, -0.25) is 0 Å². The van der Waals surface area contributed by atoms with Crippen LogP contribution in [0.3, 0.4) is 0 Å². The summed E-state index contributed by atoms with van der Waals surface area (Å²) in [5, 5.41) is 3.66. The van der Waals surface area contributed by atoms with Crippen molar-refractivity contribution in [1.82, 2.24) is 4.98 Å². The first kappa shape index (κ1) is 14.8. The van der Waals surface area contributed by atoms with Crippen LogP contribution >= 0.6 is 0 Å². The van der Waals surface area contributed by atoms with Gasteiger partial charge in [0.25, 0.3) is 0 Å². The highest BCUT2D eigenvalue weighted by Gasteiger charge is 2.12. The second-order valence-electron chi connectivity index (χ2n) is 4.65. The van der Waals surface area contributed by atoms with Gasteiger partial charge in [0.1, 0.15) is 16.8 Å². The van der Waals surface area contributed by atoms with Crippen LogP contribution in [0.15, 0.2) is 58.1 Å². The minimum atomic E-state index is -0.587. The van der Waals surface area contributed by atoms with Crippen LogP contribution in [0.2, 0.25) is 0 Å². The number of fused-ring (bicyclic) bond motifs is 1. The summed E-state index contributed by atoms with van der Waals surface area (Å²) in [4.78, 5) is 21.1. The van der Waals surface area contributed by atoms with E-state index in [4.69, 9.17) is 14.0 Å². The number of carbonyl (C=O) groups excluding carboxylic acids is 1. The Kier molecular flexibility index (Phi) is 4.33. The van der Waals surface area contributed by atoms with Crippen LogP contribution in [0, 0.1) is 0 Å². The van der Waals surface area contributed by atoms with Crippen molar-refractivity contribution in [3.8, 4) is 5.75 Å². The van der Waals surface area contributed by atoms with E-state index in [9.17, 15) is 4.79 Å². The van der Waals surface area contributed by atoms with Gasteiger partial charge < -0.3 is 14.0 Å². The Bertz CT molecular complexity index is 821. The van der Waals surface area contributed by atoms with Gasteiger partial charge in [0.2, 0.25) is 5.89 Å². The second-order valence-corrected chi connectivity index (χ2v) is 4.65. The summed E-state index contributed by atoms with van der Waals surface area (Å²) in [6.45, 7) is 0. The molecule has 0 fully saturated rings. The van der Waals surface area contributed by atoms with Gasteiger partial charge in [0.05, 0.1) is 19.7 Å². The Morgan fingerprint density at radius 1 is 1.22 bits per heavy atom. The van der Waals surface area contributed by atoms with Gasteiger partial charge in [0.15, 0.2) is 5.58 Å². The van der Waals surface area contributed by atoms with Gasteiger partial charge in [-0.05, 0) is 24.3 Å². The second kappa shape index (κ2) is 6.74. The van der Waals surface area contributed by atoms with Crippen LogP contribution in [0.5, 0.6) is 5.75 Å². The fourth-order valence-corrected chi connectivity index (χ4v) is 2.07. The summed E-state index contributed by atoms with van der Waals surface area (Å²) in [5.41, 5.74) is 1.80. The number of ether oxygens (including phenoxy) is 1. The number of para-hydroxylation sites is 3. The van der Waals surface area contributed by atoms with Crippen LogP contribution < -0.4 is 4.74 Å². The van der Waals surface area contributed by atoms with E-state index in [1.165, 1.54) is 13.3 Å². The molecule has 2 aromatic carbocycles. The average molecular weight is 310 g/mol. The Morgan fingerprint density at radius 3 is 2.83 bits per heavy atom. The molecule has 3 rings (SSSR count). The maximum Gasteiger partial charge on any atom is 0.369 e. The highest BCUT2D eigenvalue weighted by molar-refractivity contribution is 5.92. The first-order valence-corrected chi connectivity index (χ1v) is 6.98. The molecule has 0 saturated heterocycles. The predicted octanol–water partition coefficient (Wildman–Crippen LogP) is 3.22. The summed E-state index contributed by atoms with van der Waals surface area (Å²) in [6.07, 6.45) is 1.76. The SMILES string of the molecule is COc1ccccc1C(=O)ON=CCc1nc2ccccc2o1. The molecule has 1 aromatic heterocycles. The van der Waals surface area contributed by atoms with Crippen molar-refractivity contribution in [2.24, 2.45) is 5.16 Å². The van der Waals surface area contributed by atoms with Gasteiger partial charge in [-0.15, -0.1) is 0 Å². The van der Waals surface area contributed by atoms with Crippen molar-refractivity contribution in [2.45, 2.75) is 6.42 Å². The number of carbonyl (C=O) groups is 1. The van der Waals surface area contributed by atoms with Crippen LogP contribution in [-0.4, -0.2) is 24.3 Å². The van der Waals surface area contributed by atoms with Crippen molar-refractivity contribution >= 4 is 23.3 Å². The lowest BCUT2D eigenvalue weighted by molar-refractivity contribution is 0.0514. The Hall–Kier alpha value is -3.15. The smallest absolute Gasteiger partial charge is 0.369 e. The average Bonchev–Trinajstić information content (AvgIpc) is 3.01. The number of oxime groups is 1. The normalized spacial score (nSPS) is 11.0. The number of benzene rings is 2. The molecule has 0 saturated carbocycles. The molecule has 3 aromatic rings. The summed E-state index contributed by atoms with van der Waals surface area (Å²) < 4.78 is 10.6. The Balaban J connectivity index is 1.61. The monoisotopic (exact) mass is 310 g/mol. The third-order valence-corrected chi connectivity index (χ3v) is 3.14. The number of nitrogens with zero attached hydrogens (tertiary/aromatic N) is 2. The number of hydrogen-bond donors (Lipinski definition) is 0. The number of aromatic nitrogens is 1. The van der Waals surface area contributed by atoms with E-state index in [0.717, 1.165) is 5.52 Å². The molecule has 6 heteroatoms. The molecule has 0 unspecified atom stereocenters. The molecule has 0 aliphatic rings. The molecule has 0 amide bonds. The number of hydrogen-bond acceptors (Lipinski definition) is 6. The van der Waals surface area contributed by atoms with Gasteiger partial charge in [-0.25, -0.2) is 9.78 Å². The molecular weight excluding hydrogens is 296 g/mol. The highest BCUT2D eigenvalue weighted by atomic mass is 16.7. The minimum absolute atomic E-state index is 0.314. The molecule has 0 bridgehead atoms. The molecule has 0 radical (unpaired) electrons. The highest BCUT2D eigenvalue weighted by Crippen LogP contribution is 2.18. The van der Waals surface area contributed by atoms with E-state index in [1.54, 1.807) is 24.3 Å². The van der Waals surface area contributed by atoms with E-state index in [-0.39, 0.29) is 0 Å². The zero-order valence-corrected chi connectivity index (χ0v) is 12.4. The Labute approximate surface area is 132 Å². The molecule has 0 aliphatic carbocycles. The lowest BCUT2D eigenvalue weighted by Gasteiger charge is -2.04. The molecule has 0 aliphatic heterocycles.